The molecule has 24 heavy (non-hydrogen) atoms. The molecule has 1 N–H and O–H groups in total. The van der Waals surface area contributed by atoms with Crippen molar-refractivity contribution >= 4 is 23.6 Å². The number of ether oxygens (including phenoxy) is 1. The van der Waals surface area contributed by atoms with E-state index in [1.165, 1.54) is 6.08 Å². The first-order valence-corrected chi connectivity index (χ1v) is 8.33. The maximum Gasteiger partial charge on any atom is 0.244 e. The van der Waals surface area contributed by atoms with E-state index in [-0.39, 0.29) is 17.6 Å². The zero-order valence-electron chi connectivity index (χ0n) is 13.8. The average molecular weight is 342 g/mol. The summed E-state index contributed by atoms with van der Waals surface area (Å²) in [6, 6.07) is 15.2. The molecule has 1 unspecified atom stereocenters. The van der Waals surface area contributed by atoms with E-state index in [1.807, 2.05) is 56.3 Å². The van der Waals surface area contributed by atoms with Gasteiger partial charge >= 0.3 is 0 Å². The van der Waals surface area contributed by atoms with Gasteiger partial charge in [-0.05, 0) is 37.6 Å². The summed E-state index contributed by atoms with van der Waals surface area (Å²) >= 11 is 6.10. The first-order valence-electron chi connectivity index (χ1n) is 7.96. The van der Waals surface area contributed by atoms with Crippen LogP contribution >= 0.6 is 11.6 Å². The number of carbonyl (C=O) groups is 1. The van der Waals surface area contributed by atoms with Gasteiger partial charge in [-0.25, -0.2) is 0 Å². The van der Waals surface area contributed by atoms with E-state index in [9.17, 15) is 4.79 Å². The lowest BCUT2D eigenvalue weighted by molar-refractivity contribution is -0.117. The fraction of sp³-hybridized carbons (Fsp3) is 0.250. The molecule has 124 valence electrons. The standard InChI is InChI=1S/C20H20ClNO2/c1-20(2)13-17(15-8-4-6-10-18(15)24-20)22-19(23)12-11-14-7-3-5-9-16(14)21/h3-12,17H,13H2,1-2H3,(H,22,23)/b12-11+. The molecule has 0 fully saturated rings. The topological polar surface area (TPSA) is 38.3 Å². The monoisotopic (exact) mass is 341 g/mol. The highest BCUT2D eigenvalue weighted by Gasteiger charge is 2.33. The third-order valence-corrected chi connectivity index (χ3v) is 4.36. The molecule has 1 atom stereocenters. The van der Waals surface area contributed by atoms with Gasteiger partial charge in [0.1, 0.15) is 11.4 Å². The molecule has 1 aliphatic rings. The molecule has 0 spiro atoms. The highest BCUT2D eigenvalue weighted by atomic mass is 35.5. The van der Waals surface area contributed by atoms with Crippen LogP contribution in [0.4, 0.5) is 0 Å². The maximum absolute atomic E-state index is 12.3. The van der Waals surface area contributed by atoms with Crippen LogP contribution in [0, 0.1) is 0 Å². The summed E-state index contributed by atoms with van der Waals surface area (Å²) < 4.78 is 5.99. The van der Waals surface area contributed by atoms with Crippen molar-refractivity contribution < 1.29 is 9.53 Å². The van der Waals surface area contributed by atoms with Gasteiger partial charge in [0.25, 0.3) is 0 Å². The van der Waals surface area contributed by atoms with Crippen LogP contribution < -0.4 is 10.1 Å². The van der Waals surface area contributed by atoms with Crippen molar-refractivity contribution in [2.24, 2.45) is 0 Å². The lowest BCUT2D eigenvalue weighted by Crippen LogP contribution is -2.40. The fourth-order valence-corrected chi connectivity index (χ4v) is 3.13. The van der Waals surface area contributed by atoms with Crippen LogP contribution in [0.25, 0.3) is 6.08 Å². The average Bonchev–Trinajstić information content (AvgIpc) is 2.53. The molecule has 0 aromatic heterocycles. The summed E-state index contributed by atoms with van der Waals surface area (Å²) in [6.07, 6.45) is 3.97. The molecule has 3 nitrogen and oxygen atoms in total. The number of para-hydroxylation sites is 1. The van der Waals surface area contributed by atoms with Gasteiger partial charge in [0.15, 0.2) is 0 Å². The molecule has 2 aromatic carbocycles. The number of halogens is 1. The van der Waals surface area contributed by atoms with Gasteiger partial charge in [-0.1, -0.05) is 48.0 Å². The lowest BCUT2D eigenvalue weighted by atomic mass is 9.89. The molecule has 0 bridgehead atoms. The predicted molar refractivity (Wildman–Crippen MR) is 97.1 cm³/mol. The van der Waals surface area contributed by atoms with Crippen LogP contribution in [0.3, 0.4) is 0 Å². The van der Waals surface area contributed by atoms with Crippen molar-refractivity contribution in [3.05, 3.63) is 70.8 Å². The number of amides is 1. The Kier molecular flexibility index (Phi) is 4.63. The number of carbonyl (C=O) groups excluding carboxylic acids is 1. The predicted octanol–water partition coefficient (Wildman–Crippen LogP) is 4.77. The van der Waals surface area contributed by atoms with E-state index in [1.54, 1.807) is 12.1 Å². The number of fused-ring (bicyclic) bond motifs is 1. The van der Waals surface area contributed by atoms with Crippen LogP contribution in [-0.4, -0.2) is 11.5 Å². The molecule has 0 radical (unpaired) electrons. The van der Waals surface area contributed by atoms with Crippen molar-refractivity contribution in [1.82, 2.24) is 5.32 Å². The zero-order chi connectivity index (χ0) is 17.2. The molecule has 3 rings (SSSR count). The van der Waals surface area contributed by atoms with Crippen LogP contribution in [0.5, 0.6) is 5.75 Å². The van der Waals surface area contributed by atoms with Crippen molar-refractivity contribution in [2.45, 2.75) is 31.9 Å². The van der Waals surface area contributed by atoms with E-state index in [2.05, 4.69) is 5.32 Å². The van der Waals surface area contributed by atoms with Gasteiger partial charge in [-0.2, -0.15) is 0 Å². The third-order valence-electron chi connectivity index (χ3n) is 4.01. The van der Waals surface area contributed by atoms with Gasteiger partial charge in [0, 0.05) is 23.1 Å². The van der Waals surface area contributed by atoms with E-state index in [0.29, 0.717) is 5.02 Å². The summed E-state index contributed by atoms with van der Waals surface area (Å²) in [4.78, 5) is 12.3. The van der Waals surface area contributed by atoms with Crippen LogP contribution in [0.1, 0.15) is 37.4 Å². The molecule has 0 saturated carbocycles. The van der Waals surface area contributed by atoms with Gasteiger partial charge in [0.2, 0.25) is 5.91 Å². The summed E-state index contributed by atoms with van der Waals surface area (Å²) in [5.74, 6) is 0.682. The third kappa shape index (κ3) is 3.80. The smallest absolute Gasteiger partial charge is 0.244 e. The molecule has 0 saturated heterocycles. The lowest BCUT2D eigenvalue weighted by Gasteiger charge is -2.37. The Morgan fingerprint density at radius 2 is 1.92 bits per heavy atom. The molecule has 1 amide bonds. The number of rotatable bonds is 3. The second-order valence-electron chi connectivity index (χ2n) is 6.52. The van der Waals surface area contributed by atoms with Crippen molar-refractivity contribution in [3.8, 4) is 5.75 Å². The number of hydrogen-bond acceptors (Lipinski definition) is 2. The first kappa shape index (κ1) is 16.6. The van der Waals surface area contributed by atoms with Crippen molar-refractivity contribution in [2.75, 3.05) is 0 Å². The van der Waals surface area contributed by atoms with Crippen LogP contribution in [0.15, 0.2) is 54.6 Å². The van der Waals surface area contributed by atoms with Crippen molar-refractivity contribution in [1.29, 1.82) is 0 Å². The number of nitrogens with one attached hydrogen (secondary N) is 1. The highest BCUT2D eigenvalue weighted by molar-refractivity contribution is 6.32. The Bertz CT molecular complexity index is 783. The Labute approximate surface area is 147 Å². The Hall–Kier alpha value is -2.26. The van der Waals surface area contributed by atoms with Gasteiger partial charge in [0.05, 0.1) is 6.04 Å². The minimum absolute atomic E-state index is 0.0756. The van der Waals surface area contributed by atoms with Gasteiger partial charge < -0.3 is 10.1 Å². The summed E-state index contributed by atoms with van der Waals surface area (Å²) in [6.45, 7) is 4.06. The molecule has 1 aliphatic heterocycles. The molecule has 4 heteroatoms. The highest BCUT2D eigenvalue weighted by Crippen LogP contribution is 2.39. The number of hydrogen-bond donors (Lipinski definition) is 1. The van der Waals surface area contributed by atoms with E-state index in [4.69, 9.17) is 16.3 Å². The first-order chi connectivity index (χ1) is 11.4. The van der Waals surface area contributed by atoms with E-state index >= 15 is 0 Å². The van der Waals surface area contributed by atoms with E-state index < -0.39 is 0 Å². The quantitative estimate of drug-likeness (QED) is 0.816. The minimum Gasteiger partial charge on any atom is -0.487 e. The molecule has 0 aliphatic carbocycles. The normalized spacial score (nSPS) is 18.7. The van der Waals surface area contributed by atoms with Crippen LogP contribution in [0.2, 0.25) is 5.02 Å². The van der Waals surface area contributed by atoms with E-state index in [0.717, 1.165) is 23.3 Å². The maximum atomic E-state index is 12.3. The van der Waals surface area contributed by atoms with Gasteiger partial charge in [-0.3, -0.25) is 4.79 Å². The second-order valence-corrected chi connectivity index (χ2v) is 6.93. The molecule has 1 heterocycles. The molecular formula is C20H20ClNO2. The minimum atomic E-state index is -0.321. The summed E-state index contributed by atoms with van der Waals surface area (Å²) in [5.41, 5.74) is 1.51. The SMILES string of the molecule is CC1(C)CC(NC(=O)/C=C/c2ccccc2Cl)c2ccccc2O1. The van der Waals surface area contributed by atoms with Gasteiger partial charge in [-0.15, -0.1) is 0 Å². The van der Waals surface area contributed by atoms with Crippen LogP contribution in [-0.2, 0) is 4.79 Å². The molecular weight excluding hydrogens is 322 g/mol. The summed E-state index contributed by atoms with van der Waals surface area (Å²) in [7, 11) is 0. The zero-order valence-corrected chi connectivity index (χ0v) is 14.5. The second kappa shape index (κ2) is 6.70. The Morgan fingerprint density at radius 1 is 1.21 bits per heavy atom. The molecule has 2 aromatic rings. The largest absolute Gasteiger partial charge is 0.487 e. The Balaban J connectivity index is 1.76. The van der Waals surface area contributed by atoms with Crippen molar-refractivity contribution in [3.63, 3.8) is 0 Å². The summed E-state index contributed by atoms with van der Waals surface area (Å²) in [5, 5.41) is 3.70. The Morgan fingerprint density at radius 3 is 2.71 bits per heavy atom. The fourth-order valence-electron chi connectivity index (χ4n) is 2.93. The number of benzene rings is 2.